The fourth-order valence-corrected chi connectivity index (χ4v) is 11.4. The van der Waals surface area contributed by atoms with Crippen LogP contribution < -0.4 is 21.3 Å². The van der Waals surface area contributed by atoms with Crippen LogP contribution in [0.5, 0.6) is 0 Å². The molecule has 48 heavy (non-hydrogen) atoms. The van der Waals surface area contributed by atoms with Crippen LogP contribution >= 0.6 is 0 Å². The van der Waals surface area contributed by atoms with Crippen molar-refractivity contribution < 1.29 is 27.6 Å². The molecule has 3 aliphatic carbocycles. The van der Waals surface area contributed by atoms with E-state index in [4.69, 9.17) is 0 Å². The Balaban J connectivity index is 1.33. The van der Waals surface area contributed by atoms with Gasteiger partial charge in [0.15, 0.2) is 9.84 Å². The Labute approximate surface area is 287 Å². The minimum atomic E-state index is -3.36. The van der Waals surface area contributed by atoms with E-state index in [1.165, 1.54) is 0 Å². The molecule has 12 heteroatoms. The summed E-state index contributed by atoms with van der Waals surface area (Å²) >= 11 is 0. The van der Waals surface area contributed by atoms with Crippen LogP contribution in [-0.4, -0.2) is 84.8 Å². The zero-order chi connectivity index (χ0) is 35.1. The molecule has 2 aliphatic heterocycles. The molecule has 5 rings (SSSR count). The fraction of sp³-hybridized carbons (Fsp3) is 0.833. The molecule has 4 N–H and O–H groups in total. The number of nitrogens with one attached hydrogen (secondary N) is 4. The normalized spacial score (nSPS) is 29.8. The second-order valence-electron chi connectivity index (χ2n) is 17.0. The summed E-state index contributed by atoms with van der Waals surface area (Å²) in [4.78, 5) is 56.7. The van der Waals surface area contributed by atoms with Crippen molar-refractivity contribution in [1.82, 2.24) is 26.2 Å². The minimum Gasteiger partial charge on any atom is -0.353 e. The van der Waals surface area contributed by atoms with Crippen molar-refractivity contribution in [2.24, 2.45) is 28.6 Å². The number of rotatable bonds is 12. The highest BCUT2D eigenvalue weighted by Crippen LogP contribution is 2.65. The first-order valence-electron chi connectivity index (χ1n) is 18.3. The molecule has 0 aromatic heterocycles. The molecule has 2 heterocycles. The first kappa shape index (κ1) is 36.6. The standard InChI is InChI=1S/C36H59N5O6S/c1-7-18-37-27(42)21-24(20-23-14-15-23)38-31(43)29-28-25(35(28,5)6)22-41(29)32(44)30(34(2,3)4)39-33(45)40-36(16-10-8-11-17-36)26-13-9-12-19-48(26,46)47/h7,23-26,28-30H,1,8-22H2,2-6H3,(H,37,42)(H,38,43)(H2,39,40,45). The van der Waals surface area contributed by atoms with Gasteiger partial charge in [0, 0.05) is 25.6 Å². The minimum absolute atomic E-state index is 0.0194. The zero-order valence-electron chi connectivity index (χ0n) is 29.7. The van der Waals surface area contributed by atoms with Crippen LogP contribution in [0.2, 0.25) is 0 Å². The number of carbonyl (C=O) groups excluding carboxylic acids is 4. The molecule has 270 valence electrons. The quantitative estimate of drug-likeness (QED) is 0.229. The molecule has 5 amide bonds. The van der Waals surface area contributed by atoms with Crippen LogP contribution in [-0.2, 0) is 24.2 Å². The molecular weight excluding hydrogens is 630 g/mol. The molecule has 0 radical (unpaired) electrons. The first-order valence-corrected chi connectivity index (χ1v) is 20.0. The van der Waals surface area contributed by atoms with E-state index in [2.05, 4.69) is 41.7 Å². The van der Waals surface area contributed by atoms with Crippen LogP contribution in [0.3, 0.4) is 0 Å². The van der Waals surface area contributed by atoms with Crippen LogP contribution in [0.15, 0.2) is 12.7 Å². The fourth-order valence-electron chi connectivity index (χ4n) is 9.02. The summed E-state index contributed by atoms with van der Waals surface area (Å²) in [5.74, 6) is 0.0583. The van der Waals surface area contributed by atoms with E-state index in [0.29, 0.717) is 44.7 Å². The Bertz CT molecular complexity index is 1360. The highest BCUT2D eigenvalue weighted by Gasteiger charge is 2.70. The van der Waals surface area contributed by atoms with Gasteiger partial charge in [-0.05, 0) is 60.7 Å². The summed E-state index contributed by atoms with van der Waals surface area (Å²) in [6.07, 6.45) is 10.5. The van der Waals surface area contributed by atoms with Crippen molar-refractivity contribution in [2.45, 2.75) is 141 Å². The molecule has 3 saturated carbocycles. The number of piperidine rings is 1. The maximum absolute atomic E-state index is 14.5. The van der Waals surface area contributed by atoms with E-state index in [1.54, 1.807) is 11.0 Å². The Morgan fingerprint density at radius 3 is 2.27 bits per heavy atom. The van der Waals surface area contributed by atoms with Crippen LogP contribution in [0.25, 0.3) is 0 Å². The summed E-state index contributed by atoms with van der Waals surface area (Å²) in [5.41, 5.74) is -1.65. The number of hydrogen-bond donors (Lipinski definition) is 4. The number of amides is 5. The second kappa shape index (κ2) is 13.9. The molecular formula is C36H59N5O6S. The van der Waals surface area contributed by atoms with Crippen LogP contribution in [0, 0.1) is 28.6 Å². The Kier molecular flexibility index (Phi) is 10.6. The monoisotopic (exact) mass is 689 g/mol. The zero-order valence-corrected chi connectivity index (χ0v) is 30.6. The van der Waals surface area contributed by atoms with Gasteiger partial charge >= 0.3 is 6.03 Å². The second-order valence-corrected chi connectivity index (χ2v) is 19.3. The molecule has 0 aromatic carbocycles. The van der Waals surface area contributed by atoms with Gasteiger partial charge in [-0.25, -0.2) is 13.2 Å². The first-order chi connectivity index (χ1) is 22.5. The number of hydrogen-bond acceptors (Lipinski definition) is 6. The van der Waals surface area contributed by atoms with E-state index in [0.717, 1.165) is 44.9 Å². The number of fused-ring (bicyclic) bond motifs is 1. The van der Waals surface area contributed by atoms with Crippen molar-refractivity contribution in [1.29, 1.82) is 0 Å². The molecule has 5 aliphatic rings. The lowest BCUT2D eigenvalue weighted by Gasteiger charge is -2.45. The van der Waals surface area contributed by atoms with E-state index >= 15 is 0 Å². The third-order valence-electron chi connectivity index (χ3n) is 12.0. The maximum Gasteiger partial charge on any atom is 0.315 e. The van der Waals surface area contributed by atoms with Gasteiger partial charge in [0.25, 0.3) is 0 Å². The molecule has 6 atom stereocenters. The van der Waals surface area contributed by atoms with Gasteiger partial charge in [-0.3, -0.25) is 14.4 Å². The summed E-state index contributed by atoms with van der Waals surface area (Å²) < 4.78 is 26.5. The molecule has 0 spiro atoms. The van der Waals surface area contributed by atoms with E-state index in [-0.39, 0.29) is 53.2 Å². The van der Waals surface area contributed by atoms with Crippen LogP contribution in [0.4, 0.5) is 4.79 Å². The average Bonchev–Trinajstić information content (AvgIpc) is 3.85. The third kappa shape index (κ3) is 7.88. The lowest BCUT2D eigenvalue weighted by Crippen LogP contribution is -2.66. The van der Waals surface area contributed by atoms with Gasteiger partial charge in [-0.15, -0.1) is 6.58 Å². The van der Waals surface area contributed by atoms with E-state index < -0.39 is 44.2 Å². The van der Waals surface area contributed by atoms with Crippen molar-refractivity contribution in [3.63, 3.8) is 0 Å². The summed E-state index contributed by atoms with van der Waals surface area (Å²) in [5, 5.41) is 11.4. The molecule has 0 aromatic rings. The summed E-state index contributed by atoms with van der Waals surface area (Å²) in [6.45, 7) is 14.4. The Hall–Kier alpha value is -2.63. The van der Waals surface area contributed by atoms with Gasteiger partial charge in [0.1, 0.15) is 12.1 Å². The predicted molar refractivity (Wildman–Crippen MR) is 186 cm³/mol. The number of sulfone groups is 1. The predicted octanol–water partition coefficient (Wildman–Crippen LogP) is 3.83. The van der Waals surface area contributed by atoms with E-state index in [1.807, 2.05) is 20.8 Å². The summed E-state index contributed by atoms with van der Waals surface area (Å²) in [6, 6.07) is -2.52. The largest absolute Gasteiger partial charge is 0.353 e. The molecule has 2 saturated heterocycles. The van der Waals surface area contributed by atoms with Gasteiger partial charge in [-0.2, -0.15) is 0 Å². The van der Waals surface area contributed by atoms with E-state index in [9.17, 15) is 27.6 Å². The Morgan fingerprint density at radius 1 is 0.979 bits per heavy atom. The SMILES string of the molecule is C=CCNC(=O)CC(CC1CC1)NC(=O)C1C2C(CN1C(=O)C(NC(=O)NC1(C3CCCCS3(=O)=O)CCCCC1)C(C)(C)C)C2(C)C. The van der Waals surface area contributed by atoms with Crippen molar-refractivity contribution in [3.8, 4) is 0 Å². The molecule has 11 nitrogen and oxygen atoms in total. The average molecular weight is 690 g/mol. The lowest BCUT2D eigenvalue weighted by atomic mass is 9.77. The highest BCUT2D eigenvalue weighted by atomic mass is 32.2. The smallest absolute Gasteiger partial charge is 0.315 e. The number of likely N-dealkylation sites (tertiary alicyclic amines) is 1. The Morgan fingerprint density at radius 2 is 1.67 bits per heavy atom. The summed E-state index contributed by atoms with van der Waals surface area (Å²) in [7, 11) is -3.36. The van der Waals surface area contributed by atoms with Gasteiger partial charge < -0.3 is 26.2 Å². The van der Waals surface area contributed by atoms with Crippen molar-refractivity contribution in [3.05, 3.63) is 12.7 Å². The maximum atomic E-state index is 14.5. The van der Waals surface area contributed by atoms with Crippen molar-refractivity contribution in [2.75, 3.05) is 18.8 Å². The van der Waals surface area contributed by atoms with Crippen molar-refractivity contribution >= 4 is 33.6 Å². The highest BCUT2D eigenvalue weighted by molar-refractivity contribution is 7.92. The molecule has 6 unspecified atom stereocenters. The number of urea groups is 1. The topological polar surface area (TPSA) is 154 Å². The third-order valence-corrected chi connectivity index (χ3v) is 14.4. The van der Waals surface area contributed by atoms with Gasteiger partial charge in [0.05, 0.1) is 16.5 Å². The molecule has 5 fully saturated rings. The lowest BCUT2D eigenvalue weighted by molar-refractivity contribution is -0.144. The van der Waals surface area contributed by atoms with Gasteiger partial charge in [0.2, 0.25) is 17.7 Å². The molecule has 0 bridgehead atoms. The van der Waals surface area contributed by atoms with Crippen LogP contribution in [0.1, 0.15) is 112 Å². The number of carbonyl (C=O) groups is 4. The van der Waals surface area contributed by atoms with Gasteiger partial charge in [-0.1, -0.05) is 79.2 Å². The number of nitrogens with zero attached hydrogens (tertiary/aromatic N) is 1.